The van der Waals surface area contributed by atoms with Crippen LogP contribution in [0.1, 0.15) is 323 Å². The second-order valence-corrected chi connectivity index (χ2v) is 19.9. The van der Waals surface area contributed by atoms with E-state index in [2.05, 4.69) is 45.1 Å². The highest BCUT2D eigenvalue weighted by Crippen LogP contribution is 2.18. The normalized spacial score (nSPS) is 12.1. The van der Waals surface area contributed by atoms with Gasteiger partial charge in [0.05, 0.1) is 0 Å². The highest BCUT2D eigenvalue weighted by molar-refractivity contribution is 5.71. The van der Waals surface area contributed by atoms with Gasteiger partial charge in [-0.25, -0.2) is 0 Å². The Balaban J connectivity index is 3.94. The molecule has 66 heavy (non-hydrogen) atoms. The number of ether oxygens (including phenoxy) is 3. The van der Waals surface area contributed by atoms with Crippen molar-refractivity contribution < 1.29 is 28.6 Å². The van der Waals surface area contributed by atoms with Crippen molar-refractivity contribution in [1.82, 2.24) is 0 Å². The maximum Gasteiger partial charge on any atom is 0.306 e. The predicted octanol–water partition coefficient (Wildman–Crippen LogP) is 19.5. The third-order valence-electron chi connectivity index (χ3n) is 13.2. The lowest BCUT2D eigenvalue weighted by Crippen LogP contribution is -2.30. The Labute approximate surface area is 411 Å². The van der Waals surface area contributed by atoms with Crippen molar-refractivity contribution in [2.24, 2.45) is 0 Å². The first-order valence-electron chi connectivity index (χ1n) is 29.3. The molecule has 0 rings (SSSR count). The van der Waals surface area contributed by atoms with Crippen molar-refractivity contribution in [3.05, 3.63) is 24.3 Å². The van der Waals surface area contributed by atoms with Crippen LogP contribution in [0.2, 0.25) is 0 Å². The van der Waals surface area contributed by atoms with Gasteiger partial charge in [0.15, 0.2) is 6.10 Å². The van der Waals surface area contributed by atoms with Crippen LogP contribution in [0.25, 0.3) is 0 Å². The van der Waals surface area contributed by atoms with Gasteiger partial charge in [0.2, 0.25) is 0 Å². The number of hydrogen-bond donors (Lipinski definition) is 0. The third-order valence-corrected chi connectivity index (χ3v) is 13.2. The first kappa shape index (κ1) is 63.9. The average molecular weight is 930 g/mol. The Kier molecular flexibility index (Phi) is 53.7. The zero-order chi connectivity index (χ0) is 47.9. The number of carbonyl (C=O) groups is 3. The fourth-order valence-electron chi connectivity index (χ4n) is 8.78. The maximum absolute atomic E-state index is 12.7. The van der Waals surface area contributed by atoms with Gasteiger partial charge in [-0.3, -0.25) is 14.4 Å². The van der Waals surface area contributed by atoms with Gasteiger partial charge in [0.1, 0.15) is 13.2 Å². The lowest BCUT2D eigenvalue weighted by molar-refractivity contribution is -0.167. The van der Waals surface area contributed by atoms with Gasteiger partial charge in [-0.15, -0.1) is 0 Å². The molecule has 0 bridgehead atoms. The molecule has 0 spiro atoms. The molecule has 0 N–H and O–H groups in total. The van der Waals surface area contributed by atoms with Gasteiger partial charge in [-0.2, -0.15) is 0 Å². The van der Waals surface area contributed by atoms with E-state index >= 15 is 0 Å². The Morgan fingerprint density at radius 2 is 0.576 bits per heavy atom. The van der Waals surface area contributed by atoms with Crippen molar-refractivity contribution in [1.29, 1.82) is 0 Å². The molecule has 1 atom stereocenters. The molecule has 0 aliphatic heterocycles. The zero-order valence-electron chi connectivity index (χ0n) is 44.5. The largest absolute Gasteiger partial charge is 0.462 e. The minimum absolute atomic E-state index is 0.0731. The van der Waals surface area contributed by atoms with E-state index in [9.17, 15) is 14.4 Å². The molecular formula is C60H112O6. The minimum Gasteiger partial charge on any atom is -0.462 e. The van der Waals surface area contributed by atoms with Crippen LogP contribution in [0.5, 0.6) is 0 Å². The number of rotatable bonds is 54. The fourth-order valence-corrected chi connectivity index (χ4v) is 8.78. The summed E-state index contributed by atoms with van der Waals surface area (Å²) in [5, 5.41) is 0. The van der Waals surface area contributed by atoms with Crippen molar-refractivity contribution in [2.75, 3.05) is 13.2 Å². The first-order valence-corrected chi connectivity index (χ1v) is 29.3. The van der Waals surface area contributed by atoms with Gasteiger partial charge >= 0.3 is 17.9 Å². The molecule has 6 heteroatoms. The lowest BCUT2D eigenvalue weighted by atomic mass is 10.0. The van der Waals surface area contributed by atoms with Crippen LogP contribution in [0.15, 0.2) is 24.3 Å². The highest BCUT2D eigenvalue weighted by Gasteiger charge is 2.19. The monoisotopic (exact) mass is 929 g/mol. The molecule has 0 saturated heterocycles. The minimum atomic E-state index is -0.771. The van der Waals surface area contributed by atoms with Crippen molar-refractivity contribution >= 4 is 17.9 Å². The molecular weight excluding hydrogens is 817 g/mol. The molecule has 0 amide bonds. The van der Waals surface area contributed by atoms with E-state index in [-0.39, 0.29) is 31.1 Å². The SMILES string of the molecule is CCC/C=C\C/C=C\CCCCCCCC(=O)OC(COC(=O)CCCCCCCC)COC(=O)CCCCCCCCCCCCCCCCCCCCCCCCCCCCCCC. The van der Waals surface area contributed by atoms with Crippen LogP contribution < -0.4 is 0 Å². The summed E-state index contributed by atoms with van der Waals surface area (Å²) < 4.78 is 16.7. The topological polar surface area (TPSA) is 78.9 Å². The lowest BCUT2D eigenvalue weighted by Gasteiger charge is -2.18. The van der Waals surface area contributed by atoms with Crippen LogP contribution in [0, 0.1) is 0 Å². The Morgan fingerprint density at radius 3 is 0.894 bits per heavy atom. The molecule has 1 unspecified atom stereocenters. The smallest absolute Gasteiger partial charge is 0.306 e. The van der Waals surface area contributed by atoms with Gasteiger partial charge in [-0.05, 0) is 44.9 Å². The molecule has 0 heterocycles. The van der Waals surface area contributed by atoms with Crippen LogP contribution in [-0.4, -0.2) is 37.2 Å². The number of allylic oxidation sites excluding steroid dienone is 4. The summed E-state index contributed by atoms with van der Waals surface area (Å²) >= 11 is 0. The Morgan fingerprint density at radius 1 is 0.303 bits per heavy atom. The second-order valence-electron chi connectivity index (χ2n) is 19.9. The third kappa shape index (κ3) is 52.9. The van der Waals surface area contributed by atoms with E-state index in [1.54, 1.807) is 0 Å². The molecule has 0 fully saturated rings. The fraction of sp³-hybridized carbons (Fsp3) is 0.883. The number of hydrogen-bond acceptors (Lipinski definition) is 6. The van der Waals surface area contributed by atoms with Crippen molar-refractivity contribution in [3.8, 4) is 0 Å². The summed E-state index contributed by atoms with van der Waals surface area (Å²) in [6, 6.07) is 0. The van der Waals surface area contributed by atoms with Crippen LogP contribution in [-0.2, 0) is 28.6 Å². The van der Waals surface area contributed by atoms with Crippen molar-refractivity contribution in [3.63, 3.8) is 0 Å². The molecule has 0 radical (unpaired) electrons. The van der Waals surface area contributed by atoms with E-state index in [4.69, 9.17) is 14.2 Å². The van der Waals surface area contributed by atoms with E-state index < -0.39 is 6.10 Å². The van der Waals surface area contributed by atoms with E-state index in [0.717, 1.165) is 89.9 Å². The standard InChI is InChI=1S/C60H112O6/c1-4-7-10-13-16-18-20-22-23-24-25-26-27-28-29-30-31-32-33-34-35-36-37-39-40-42-44-47-50-53-59(62)65-56-57(55-64-58(61)52-49-46-15-12-9-6-3)66-60(63)54-51-48-45-43-41-38-21-19-17-14-11-8-5-2/h11,14,19,21,57H,4-10,12-13,15-18,20,22-56H2,1-3H3/b14-11-,21-19-. The Hall–Kier alpha value is -2.11. The van der Waals surface area contributed by atoms with Gasteiger partial charge in [0, 0.05) is 19.3 Å². The zero-order valence-corrected chi connectivity index (χ0v) is 44.5. The summed E-state index contributed by atoms with van der Waals surface area (Å²) in [5.41, 5.74) is 0. The summed E-state index contributed by atoms with van der Waals surface area (Å²) in [5.74, 6) is -0.882. The van der Waals surface area contributed by atoms with Gasteiger partial charge in [0.25, 0.3) is 0 Å². The molecule has 0 saturated carbocycles. The summed E-state index contributed by atoms with van der Waals surface area (Å²) in [4.78, 5) is 37.8. The Bertz CT molecular complexity index is 1070. The van der Waals surface area contributed by atoms with Gasteiger partial charge < -0.3 is 14.2 Å². The summed E-state index contributed by atoms with van der Waals surface area (Å²) in [7, 11) is 0. The summed E-state index contributed by atoms with van der Waals surface area (Å²) in [6.07, 6.45) is 65.2. The first-order chi connectivity index (χ1) is 32.5. The number of unbranched alkanes of at least 4 members (excludes halogenated alkanes) is 39. The highest BCUT2D eigenvalue weighted by atomic mass is 16.6. The molecule has 0 aromatic rings. The predicted molar refractivity (Wildman–Crippen MR) is 284 cm³/mol. The van der Waals surface area contributed by atoms with Gasteiger partial charge in [-0.1, -0.05) is 283 Å². The van der Waals surface area contributed by atoms with Crippen LogP contribution in [0.4, 0.5) is 0 Å². The quantitative estimate of drug-likeness (QED) is 0.0262. The van der Waals surface area contributed by atoms with E-state index in [1.807, 2.05) is 0 Å². The van der Waals surface area contributed by atoms with E-state index in [0.29, 0.717) is 19.3 Å². The summed E-state index contributed by atoms with van der Waals surface area (Å²) in [6.45, 7) is 6.54. The number of esters is 3. The molecule has 0 aliphatic carbocycles. The molecule has 6 nitrogen and oxygen atoms in total. The van der Waals surface area contributed by atoms with Crippen LogP contribution in [0.3, 0.4) is 0 Å². The molecule has 0 aromatic carbocycles. The average Bonchev–Trinajstić information content (AvgIpc) is 3.31. The maximum atomic E-state index is 12.7. The number of carbonyl (C=O) groups excluding carboxylic acids is 3. The molecule has 0 aromatic heterocycles. The second kappa shape index (κ2) is 55.5. The molecule has 0 aliphatic rings. The van der Waals surface area contributed by atoms with Crippen molar-refractivity contribution in [2.45, 2.75) is 329 Å². The van der Waals surface area contributed by atoms with Crippen LogP contribution >= 0.6 is 0 Å². The molecule has 388 valence electrons. The van der Waals surface area contributed by atoms with E-state index in [1.165, 1.54) is 193 Å².